The van der Waals surface area contributed by atoms with E-state index in [-0.39, 0.29) is 24.0 Å². The molecule has 1 aliphatic carbocycles. The molecule has 7 heteroatoms. The third kappa shape index (κ3) is 4.32. The average molecular weight is 341 g/mol. The van der Waals surface area contributed by atoms with Crippen molar-refractivity contribution in [1.29, 1.82) is 0 Å². The van der Waals surface area contributed by atoms with Crippen molar-refractivity contribution in [2.45, 2.75) is 26.2 Å². The fourth-order valence-corrected chi connectivity index (χ4v) is 2.46. The van der Waals surface area contributed by atoms with Crippen molar-refractivity contribution in [2.24, 2.45) is 22.4 Å². The topological polar surface area (TPSA) is 99.3 Å². The fourth-order valence-electron chi connectivity index (χ4n) is 2.46. The second kappa shape index (κ2) is 6.88. The number of amidine groups is 1. The second-order valence-electron chi connectivity index (χ2n) is 6.25. The van der Waals surface area contributed by atoms with E-state index in [1.165, 1.54) is 6.07 Å². The third-order valence-corrected chi connectivity index (χ3v) is 4.01. The molecule has 0 radical (unpaired) electrons. The van der Waals surface area contributed by atoms with Crippen LogP contribution < -0.4 is 11.5 Å². The van der Waals surface area contributed by atoms with Gasteiger partial charge in [0.2, 0.25) is 0 Å². The van der Waals surface area contributed by atoms with Crippen LogP contribution in [-0.2, 0) is 11.2 Å². The van der Waals surface area contributed by atoms with E-state index < -0.39 is 0 Å². The van der Waals surface area contributed by atoms with Crippen LogP contribution in [0.4, 0.5) is 4.39 Å². The lowest BCUT2D eigenvalue weighted by molar-refractivity contribution is -0.117. The summed E-state index contributed by atoms with van der Waals surface area (Å²) < 4.78 is 14.9. The van der Waals surface area contributed by atoms with Crippen LogP contribution in [-0.4, -0.2) is 21.5 Å². The number of halogens is 1. The van der Waals surface area contributed by atoms with Gasteiger partial charge in [-0.25, -0.2) is 9.07 Å². The van der Waals surface area contributed by atoms with Crippen LogP contribution in [0.15, 0.2) is 47.4 Å². The number of nitrogens with two attached hydrogens (primary N) is 2. The highest BCUT2D eigenvalue weighted by atomic mass is 19.1. The maximum absolute atomic E-state index is 13.3. The molecule has 4 N–H and O–H groups in total. The third-order valence-electron chi connectivity index (χ3n) is 4.01. The summed E-state index contributed by atoms with van der Waals surface area (Å²) in [5.41, 5.74) is 14.2. The van der Waals surface area contributed by atoms with Gasteiger partial charge in [0.05, 0.1) is 18.3 Å². The van der Waals surface area contributed by atoms with Crippen LogP contribution >= 0.6 is 0 Å². The molecule has 130 valence electrons. The van der Waals surface area contributed by atoms with Crippen molar-refractivity contribution in [3.63, 3.8) is 0 Å². The molecular weight excluding hydrogens is 321 g/mol. The summed E-state index contributed by atoms with van der Waals surface area (Å²) in [5.74, 6) is -0.140. The van der Waals surface area contributed by atoms with Gasteiger partial charge in [-0.15, -0.1) is 0 Å². The molecule has 1 aromatic carbocycles. The van der Waals surface area contributed by atoms with Crippen LogP contribution in [0, 0.1) is 18.7 Å². The highest BCUT2D eigenvalue weighted by Gasteiger charge is 2.24. The standard InChI is InChI=1S/C18H20FN5O/c1-11-6-14(4-5-15(11)19)24-10-12(9-22-24)7-18(25)23-17(21)8-16(20)13-2-3-13/h4-6,8-10,13H,2-3,7,20H2,1H3,(H2,21,23,25)/b16-8-. The number of hydrogen-bond donors (Lipinski definition) is 2. The summed E-state index contributed by atoms with van der Waals surface area (Å²) in [6.07, 6.45) is 7.05. The van der Waals surface area contributed by atoms with E-state index >= 15 is 0 Å². The Labute approximate surface area is 145 Å². The molecule has 25 heavy (non-hydrogen) atoms. The lowest BCUT2D eigenvalue weighted by atomic mass is 10.2. The Balaban J connectivity index is 1.67. The van der Waals surface area contributed by atoms with Crippen LogP contribution in [0.5, 0.6) is 0 Å². The number of hydrogen-bond acceptors (Lipinski definition) is 3. The summed E-state index contributed by atoms with van der Waals surface area (Å²) in [7, 11) is 0. The molecule has 6 nitrogen and oxygen atoms in total. The van der Waals surface area contributed by atoms with Gasteiger partial charge in [0, 0.05) is 11.9 Å². The van der Waals surface area contributed by atoms with E-state index in [2.05, 4.69) is 10.1 Å². The van der Waals surface area contributed by atoms with Crippen molar-refractivity contribution in [3.8, 4) is 5.69 Å². The molecule has 3 rings (SSSR count). The Morgan fingerprint density at radius 3 is 2.88 bits per heavy atom. The fraction of sp³-hybridized carbons (Fsp3) is 0.278. The number of amides is 1. The molecule has 1 saturated carbocycles. The highest BCUT2D eigenvalue weighted by molar-refractivity contribution is 6.00. The Morgan fingerprint density at radius 2 is 2.20 bits per heavy atom. The first-order chi connectivity index (χ1) is 11.9. The zero-order valence-electron chi connectivity index (χ0n) is 13.9. The summed E-state index contributed by atoms with van der Waals surface area (Å²) in [6.45, 7) is 1.69. The lowest BCUT2D eigenvalue weighted by Gasteiger charge is -2.03. The first-order valence-corrected chi connectivity index (χ1v) is 8.06. The van der Waals surface area contributed by atoms with Crippen molar-refractivity contribution < 1.29 is 9.18 Å². The van der Waals surface area contributed by atoms with Gasteiger partial charge in [-0.1, -0.05) is 0 Å². The van der Waals surface area contributed by atoms with Gasteiger partial charge in [-0.2, -0.15) is 10.1 Å². The van der Waals surface area contributed by atoms with E-state index in [1.807, 2.05) is 0 Å². The molecule has 0 aliphatic heterocycles. The number of carbonyl (C=O) groups is 1. The molecule has 1 heterocycles. The first-order valence-electron chi connectivity index (χ1n) is 8.06. The van der Waals surface area contributed by atoms with Gasteiger partial charge in [0.1, 0.15) is 11.7 Å². The molecule has 1 fully saturated rings. The van der Waals surface area contributed by atoms with Crippen molar-refractivity contribution in [3.05, 3.63) is 59.3 Å². The van der Waals surface area contributed by atoms with Gasteiger partial charge in [0.15, 0.2) is 0 Å². The van der Waals surface area contributed by atoms with Gasteiger partial charge in [-0.3, -0.25) is 4.79 Å². The molecule has 0 atom stereocenters. The molecule has 0 spiro atoms. The molecule has 0 bridgehead atoms. The van der Waals surface area contributed by atoms with Crippen LogP contribution in [0.25, 0.3) is 5.69 Å². The molecule has 0 unspecified atom stereocenters. The van der Waals surface area contributed by atoms with E-state index in [1.54, 1.807) is 42.2 Å². The van der Waals surface area contributed by atoms with E-state index in [9.17, 15) is 9.18 Å². The predicted molar refractivity (Wildman–Crippen MR) is 93.6 cm³/mol. The Hall–Kier alpha value is -2.96. The van der Waals surface area contributed by atoms with Crippen LogP contribution in [0.1, 0.15) is 24.0 Å². The van der Waals surface area contributed by atoms with E-state index in [0.717, 1.165) is 18.5 Å². The van der Waals surface area contributed by atoms with Crippen molar-refractivity contribution in [1.82, 2.24) is 9.78 Å². The summed E-state index contributed by atoms with van der Waals surface area (Å²) in [6, 6.07) is 4.71. The van der Waals surface area contributed by atoms with Crippen LogP contribution in [0.2, 0.25) is 0 Å². The van der Waals surface area contributed by atoms with E-state index in [4.69, 9.17) is 11.5 Å². The maximum Gasteiger partial charge on any atom is 0.252 e. The summed E-state index contributed by atoms with van der Waals surface area (Å²) >= 11 is 0. The molecule has 2 aromatic rings. The van der Waals surface area contributed by atoms with Gasteiger partial charge in [-0.05, 0) is 61.1 Å². The Morgan fingerprint density at radius 1 is 1.44 bits per heavy atom. The average Bonchev–Trinajstić information content (AvgIpc) is 3.30. The number of rotatable bonds is 5. The minimum atomic E-state index is -0.368. The summed E-state index contributed by atoms with van der Waals surface area (Å²) in [4.78, 5) is 15.9. The zero-order chi connectivity index (χ0) is 18.0. The number of aryl methyl sites for hydroxylation is 1. The Bertz CT molecular complexity index is 864. The smallest absolute Gasteiger partial charge is 0.252 e. The predicted octanol–water partition coefficient (Wildman–Crippen LogP) is 2.00. The number of carbonyl (C=O) groups excluding carboxylic acids is 1. The van der Waals surface area contributed by atoms with E-state index in [0.29, 0.717) is 22.7 Å². The number of nitrogens with zero attached hydrogens (tertiary/aromatic N) is 3. The SMILES string of the molecule is Cc1cc(-n2cc(CC(=O)N=C(N)/C=C(\N)C3CC3)cn2)ccc1F. The molecular formula is C18H20FN5O. The molecule has 1 aliphatic rings. The molecule has 1 aromatic heterocycles. The van der Waals surface area contributed by atoms with Gasteiger partial charge < -0.3 is 11.5 Å². The quantitative estimate of drug-likeness (QED) is 0.642. The Kier molecular flexibility index (Phi) is 4.65. The number of allylic oxidation sites excluding steroid dienone is 1. The van der Waals surface area contributed by atoms with Crippen molar-refractivity contribution >= 4 is 11.7 Å². The minimum Gasteiger partial charge on any atom is -0.402 e. The monoisotopic (exact) mass is 341 g/mol. The van der Waals surface area contributed by atoms with Gasteiger partial charge in [0.25, 0.3) is 5.91 Å². The number of aliphatic imine (C=N–C) groups is 1. The summed E-state index contributed by atoms with van der Waals surface area (Å²) in [5, 5.41) is 4.20. The zero-order valence-corrected chi connectivity index (χ0v) is 13.9. The van der Waals surface area contributed by atoms with Crippen molar-refractivity contribution in [2.75, 3.05) is 0 Å². The normalized spacial score (nSPS) is 15.4. The largest absolute Gasteiger partial charge is 0.402 e. The second-order valence-corrected chi connectivity index (χ2v) is 6.25. The lowest BCUT2D eigenvalue weighted by Crippen LogP contribution is -2.15. The maximum atomic E-state index is 13.3. The molecule has 0 saturated heterocycles. The number of benzene rings is 1. The minimum absolute atomic E-state index is 0.0814. The van der Waals surface area contributed by atoms with Crippen LogP contribution in [0.3, 0.4) is 0 Å². The molecule has 1 amide bonds. The number of aromatic nitrogens is 2. The highest BCUT2D eigenvalue weighted by Crippen LogP contribution is 2.33. The van der Waals surface area contributed by atoms with Gasteiger partial charge >= 0.3 is 0 Å². The first kappa shape index (κ1) is 16.9.